The molecule has 128 valence electrons. The number of aryl methyl sites for hydroxylation is 1. The maximum absolute atomic E-state index is 12.7. The van der Waals surface area contributed by atoms with Crippen LogP contribution in [0.1, 0.15) is 69.1 Å². The summed E-state index contributed by atoms with van der Waals surface area (Å²) in [6, 6.07) is 4.97. The van der Waals surface area contributed by atoms with Crippen molar-refractivity contribution in [3.63, 3.8) is 0 Å². The molecule has 0 bridgehead atoms. The van der Waals surface area contributed by atoms with Crippen LogP contribution in [-0.2, 0) is 5.41 Å². The highest BCUT2D eigenvalue weighted by Gasteiger charge is 2.40. The summed E-state index contributed by atoms with van der Waals surface area (Å²) in [6.45, 7) is 9.08. The minimum atomic E-state index is 0.119. The Morgan fingerprint density at radius 3 is 2.54 bits per heavy atom. The van der Waals surface area contributed by atoms with Crippen LogP contribution >= 0.6 is 0 Å². The van der Waals surface area contributed by atoms with Gasteiger partial charge in [-0.3, -0.25) is 4.79 Å². The predicted octanol–water partition coefficient (Wildman–Crippen LogP) is 4.61. The molecule has 3 heteroatoms. The van der Waals surface area contributed by atoms with Gasteiger partial charge in [0.25, 0.3) is 5.56 Å². The molecule has 0 saturated heterocycles. The summed E-state index contributed by atoms with van der Waals surface area (Å²) in [4.78, 5) is 18.3. The second kappa shape index (κ2) is 5.11. The molecule has 1 fully saturated rings. The minimum Gasteiger partial charge on any atom is -0.371 e. The summed E-state index contributed by atoms with van der Waals surface area (Å²) in [6.07, 6.45) is 4.82. The van der Waals surface area contributed by atoms with Gasteiger partial charge in [-0.1, -0.05) is 26.7 Å². The zero-order valence-corrected chi connectivity index (χ0v) is 15.5. The number of hydrogen-bond acceptors (Lipinski definition) is 2. The molecule has 3 nitrogen and oxygen atoms in total. The van der Waals surface area contributed by atoms with Gasteiger partial charge in [0.15, 0.2) is 0 Å². The lowest BCUT2D eigenvalue weighted by Crippen LogP contribution is -2.36. The third-order valence-corrected chi connectivity index (χ3v) is 6.90. The van der Waals surface area contributed by atoms with Gasteiger partial charge in [0.1, 0.15) is 0 Å². The van der Waals surface area contributed by atoms with Crippen LogP contribution in [0, 0.1) is 6.92 Å². The molecule has 2 aliphatic rings. The van der Waals surface area contributed by atoms with Crippen LogP contribution in [-0.4, -0.2) is 18.1 Å². The standard InChI is InChI=1S/C21H28N2O/c1-12-15-10-16-18(23(5)13(2)21(16,3)4)11-17(15)22-20(24)19(12)14-8-6-7-9-14/h10-11,13-14H,6-9H2,1-5H3,(H,22,24). The highest BCUT2D eigenvalue weighted by atomic mass is 16.1. The van der Waals surface area contributed by atoms with Gasteiger partial charge in [0.2, 0.25) is 0 Å². The Hall–Kier alpha value is -1.77. The molecule has 0 amide bonds. The van der Waals surface area contributed by atoms with Crippen molar-refractivity contribution in [2.75, 3.05) is 11.9 Å². The second-order valence-electron chi connectivity index (χ2n) is 8.40. The lowest BCUT2D eigenvalue weighted by molar-refractivity contribution is 0.454. The van der Waals surface area contributed by atoms with Gasteiger partial charge >= 0.3 is 0 Å². The van der Waals surface area contributed by atoms with Gasteiger partial charge in [-0.2, -0.15) is 0 Å². The van der Waals surface area contributed by atoms with Crippen molar-refractivity contribution in [3.05, 3.63) is 39.2 Å². The molecule has 1 unspecified atom stereocenters. The molecule has 2 heterocycles. The molecular formula is C21H28N2O. The van der Waals surface area contributed by atoms with Crippen LogP contribution in [0.2, 0.25) is 0 Å². The number of hydrogen-bond donors (Lipinski definition) is 1. The van der Waals surface area contributed by atoms with Gasteiger partial charge in [-0.15, -0.1) is 0 Å². The molecule has 24 heavy (non-hydrogen) atoms. The van der Waals surface area contributed by atoms with Crippen LogP contribution in [0.5, 0.6) is 0 Å². The molecule has 0 radical (unpaired) electrons. The first-order valence-electron chi connectivity index (χ1n) is 9.26. The van der Waals surface area contributed by atoms with E-state index in [2.05, 4.69) is 56.8 Å². The van der Waals surface area contributed by atoms with Crippen LogP contribution in [0.15, 0.2) is 16.9 Å². The number of nitrogens with zero attached hydrogens (tertiary/aromatic N) is 1. The van der Waals surface area contributed by atoms with E-state index in [1.807, 2.05) is 0 Å². The third-order valence-electron chi connectivity index (χ3n) is 6.90. The molecule has 1 atom stereocenters. The second-order valence-corrected chi connectivity index (χ2v) is 8.40. The molecule has 1 saturated carbocycles. The van der Waals surface area contributed by atoms with Gasteiger partial charge in [0, 0.05) is 35.1 Å². The summed E-state index contributed by atoms with van der Waals surface area (Å²) < 4.78 is 0. The molecule has 4 rings (SSSR count). The summed E-state index contributed by atoms with van der Waals surface area (Å²) in [5, 5.41) is 1.23. The number of fused-ring (bicyclic) bond motifs is 2. The van der Waals surface area contributed by atoms with Gasteiger partial charge in [-0.25, -0.2) is 0 Å². The number of H-pyrrole nitrogens is 1. The molecule has 2 aromatic rings. The van der Waals surface area contributed by atoms with Crippen molar-refractivity contribution in [3.8, 4) is 0 Å². The Kier molecular flexibility index (Phi) is 3.35. The number of aromatic amines is 1. The van der Waals surface area contributed by atoms with Crippen molar-refractivity contribution >= 4 is 16.6 Å². The maximum atomic E-state index is 12.7. The average molecular weight is 324 g/mol. The van der Waals surface area contributed by atoms with Crippen molar-refractivity contribution in [2.24, 2.45) is 0 Å². The number of nitrogens with one attached hydrogen (secondary N) is 1. The highest BCUT2D eigenvalue weighted by molar-refractivity contribution is 5.89. The summed E-state index contributed by atoms with van der Waals surface area (Å²) in [7, 11) is 2.15. The normalized spacial score (nSPS) is 23.2. The average Bonchev–Trinajstić information content (AvgIpc) is 3.10. The number of likely N-dealkylation sites (N-methyl/N-ethyl adjacent to an activating group) is 1. The Balaban J connectivity index is 1.99. The monoisotopic (exact) mass is 324 g/mol. The molecule has 0 spiro atoms. The summed E-state index contributed by atoms with van der Waals surface area (Å²) in [5.74, 6) is 0.445. The van der Waals surface area contributed by atoms with Crippen molar-refractivity contribution in [2.45, 2.75) is 70.8 Å². The zero-order chi connectivity index (χ0) is 17.2. The van der Waals surface area contributed by atoms with Gasteiger partial charge in [-0.05, 0) is 55.9 Å². The van der Waals surface area contributed by atoms with Crippen molar-refractivity contribution in [1.29, 1.82) is 0 Å². The lowest BCUT2D eigenvalue weighted by atomic mass is 9.80. The Morgan fingerprint density at radius 2 is 1.88 bits per heavy atom. The summed E-state index contributed by atoms with van der Waals surface area (Å²) >= 11 is 0. The van der Waals surface area contributed by atoms with Crippen LogP contribution in [0.25, 0.3) is 10.9 Å². The Bertz CT molecular complexity index is 872. The smallest absolute Gasteiger partial charge is 0.252 e. The quantitative estimate of drug-likeness (QED) is 0.831. The number of pyridine rings is 1. The van der Waals surface area contributed by atoms with Crippen molar-refractivity contribution in [1.82, 2.24) is 4.98 Å². The lowest BCUT2D eigenvalue weighted by Gasteiger charge is -2.28. The fourth-order valence-corrected chi connectivity index (χ4v) is 4.94. The number of benzene rings is 1. The first-order chi connectivity index (χ1) is 11.3. The van der Waals surface area contributed by atoms with Crippen LogP contribution in [0.3, 0.4) is 0 Å². The minimum absolute atomic E-state index is 0.119. The first kappa shape index (κ1) is 15.7. The maximum Gasteiger partial charge on any atom is 0.252 e. The first-order valence-corrected chi connectivity index (χ1v) is 9.26. The fraction of sp³-hybridized carbons (Fsp3) is 0.571. The van der Waals surface area contributed by atoms with Crippen LogP contribution < -0.4 is 10.5 Å². The SMILES string of the molecule is Cc1c(C2CCCC2)c(=O)[nH]c2cc3c(cc12)C(C)(C)C(C)N3C. The summed E-state index contributed by atoms with van der Waals surface area (Å²) in [5.41, 5.74) is 6.11. The van der Waals surface area contributed by atoms with E-state index in [4.69, 9.17) is 0 Å². The molecule has 1 aliphatic heterocycles. The molecule has 1 aliphatic carbocycles. The topological polar surface area (TPSA) is 36.1 Å². The van der Waals surface area contributed by atoms with E-state index in [0.717, 1.165) is 23.9 Å². The van der Waals surface area contributed by atoms with Gasteiger partial charge < -0.3 is 9.88 Å². The molecule has 1 N–H and O–H groups in total. The third kappa shape index (κ3) is 2.00. The number of aromatic nitrogens is 1. The Labute approximate surface area is 144 Å². The van der Waals surface area contributed by atoms with E-state index >= 15 is 0 Å². The van der Waals surface area contributed by atoms with Crippen molar-refractivity contribution < 1.29 is 0 Å². The largest absolute Gasteiger partial charge is 0.371 e. The van der Waals surface area contributed by atoms with E-state index in [0.29, 0.717) is 12.0 Å². The molecular weight excluding hydrogens is 296 g/mol. The van der Waals surface area contributed by atoms with Gasteiger partial charge in [0.05, 0.1) is 5.52 Å². The van der Waals surface area contributed by atoms with E-state index < -0.39 is 0 Å². The predicted molar refractivity (Wildman–Crippen MR) is 101 cm³/mol. The fourth-order valence-electron chi connectivity index (χ4n) is 4.94. The molecule has 1 aromatic carbocycles. The number of rotatable bonds is 1. The van der Waals surface area contributed by atoms with E-state index in [1.54, 1.807) is 0 Å². The van der Waals surface area contributed by atoms with E-state index in [1.165, 1.54) is 35.0 Å². The van der Waals surface area contributed by atoms with E-state index in [9.17, 15) is 4.79 Å². The highest BCUT2D eigenvalue weighted by Crippen LogP contribution is 2.46. The molecule has 1 aromatic heterocycles. The van der Waals surface area contributed by atoms with E-state index in [-0.39, 0.29) is 11.0 Å². The van der Waals surface area contributed by atoms with Crippen LogP contribution in [0.4, 0.5) is 5.69 Å². The number of anilines is 1. The zero-order valence-electron chi connectivity index (χ0n) is 15.5. The Morgan fingerprint density at radius 1 is 1.21 bits per heavy atom.